The van der Waals surface area contributed by atoms with Crippen molar-refractivity contribution in [1.29, 1.82) is 0 Å². The minimum Gasteiger partial charge on any atom is -0.367 e. The quantitative estimate of drug-likeness (QED) is 0.477. The molecular formula is C24H28FN5O2. The van der Waals surface area contributed by atoms with Gasteiger partial charge in [-0.15, -0.1) is 0 Å². The number of amides is 3. The number of aryl methyl sites for hydroxylation is 1. The van der Waals surface area contributed by atoms with E-state index < -0.39 is 12.1 Å². The molecule has 1 aliphatic rings. The number of H-pyrrole nitrogens is 1. The summed E-state index contributed by atoms with van der Waals surface area (Å²) in [6.45, 7) is 3.16. The lowest BCUT2D eigenvalue weighted by Crippen LogP contribution is -2.55. The summed E-state index contributed by atoms with van der Waals surface area (Å²) in [4.78, 5) is 29.8. The number of nitrogens with one attached hydrogen (secondary N) is 3. The minimum atomic E-state index is -0.808. The zero-order valence-corrected chi connectivity index (χ0v) is 18.0. The van der Waals surface area contributed by atoms with Crippen LogP contribution in [0.2, 0.25) is 0 Å². The van der Waals surface area contributed by atoms with E-state index >= 15 is 0 Å². The van der Waals surface area contributed by atoms with Gasteiger partial charge in [0.05, 0.1) is 5.69 Å². The van der Waals surface area contributed by atoms with Gasteiger partial charge in [0.25, 0.3) is 0 Å². The molecule has 168 valence electrons. The number of rotatable bonds is 6. The van der Waals surface area contributed by atoms with Crippen LogP contribution in [-0.2, 0) is 11.2 Å². The van der Waals surface area contributed by atoms with E-state index in [2.05, 4.69) is 15.6 Å². The number of halogens is 1. The van der Waals surface area contributed by atoms with Gasteiger partial charge < -0.3 is 26.3 Å². The number of nitrogens with two attached hydrogens (primary N) is 1. The summed E-state index contributed by atoms with van der Waals surface area (Å²) >= 11 is 0. The van der Waals surface area contributed by atoms with Gasteiger partial charge in [-0.2, -0.15) is 0 Å². The average molecular weight is 438 g/mol. The Hall–Kier alpha value is -3.55. The Balaban J connectivity index is 1.46. The van der Waals surface area contributed by atoms with Gasteiger partial charge in [-0.25, -0.2) is 9.18 Å². The first-order chi connectivity index (χ1) is 15.4. The molecule has 1 aliphatic heterocycles. The van der Waals surface area contributed by atoms with Crippen LogP contribution < -0.4 is 21.3 Å². The Bertz CT molecular complexity index is 1130. The third-order valence-electron chi connectivity index (χ3n) is 5.94. The Morgan fingerprint density at radius 1 is 1.28 bits per heavy atom. The van der Waals surface area contributed by atoms with Crippen molar-refractivity contribution in [3.05, 3.63) is 65.6 Å². The summed E-state index contributed by atoms with van der Waals surface area (Å²) in [7, 11) is 0. The molecule has 3 amide bonds. The molecule has 2 atom stereocenters. The summed E-state index contributed by atoms with van der Waals surface area (Å²) in [6, 6.07) is 11.1. The lowest BCUT2D eigenvalue weighted by molar-refractivity contribution is -0.123. The van der Waals surface area contributed by atoms with Crippen molar-refractivity contribution in [1.82, 2.24) is 15.6 Å². The number of para-hydroxylation sites is 1. The molecule has 32 heavy (non-hydrogen) atoms. The van der Waals surface area contributed by atoms with Crippen LogP contribution in [0.15, 0.2) is 48.7 Å². The van der Waals surface area contributed by atoms with Gasteiger partial charge >= 0.3 is 6.03 Å². The molecule has 1 aromatic heterocycles. The SMILES string of the molecule is Cc1ccc(F)c(N2CCCC(NC(=O)C(Cc3c[nH]c4ccccc34)NC(N)=O)C2)c1. The maximum absolute atomic E-state index is 14.4. The van der Waals surface area contributed by atoms with Crippen molar-refractivity contribution in [2.24, 2.45) is 5.73 Å². The molecule has 4 rings (SSSR count). The molecule has 0 bridgehead atoms. The first-order valence-corrected chi connectivity index (χ1v) is 10.8. The van der Waals surface area contributed by atoms with Gasteiger partial charge in [0.1, 0.15) is 11.9 Å². The lowest BCUT2D eigenvalue weighted by atomic mass is 10.0. The van der Waals surface area contributed by atoms with Crippen LogP contribution in [-0.4, -0.2) is 42.1 Å². The van der Waals surface area contributed by atoms with Gasteiger partial charge in [-0.1, -0.05) is 24.3 Å². The smallest absolute Gasteiger partial charge is 0.312 e. The van der Waals surface area contributed by atoms with Crippen molar-refractivity contribution in [2.75, 3.05) is 18.0 Å². The predicted molar refractivity (Wildman–Crippen MR) is 123 cm³/mol. The van der Waals surface area contributed by atoms with Crippen molar-refractivity contribution in [2.45, 2.75) is 38.3 Å². The molecule has 0 spiro atoms. The number of carbonyl (C=O) groups is 2. The number of aromatic nitrogens is 1. The molecule has 2 heterocycles. The van der Waals surface area contributed by atoms with E-state index in [-0.39, 0.29) is 17.8 Å². The number of anilines is 1. The zero-order chi connectivity index (χ0) is 22.7. The molecule has 1 saturated heterocycles. The Morgan fingerprint density at radius 2 is 2.09 bits per heavy atom. The Morgan fingerprint density at radius 3 is 2.91 bits per heavy atom. The van der Waals surface area contributed by atoms with Crippen LogP contribution >= 0.6 is 0 Å². The molecule has 1 fully saturated rings. The molecule has 7 nitrogen and oxygen atoms in total. The summed E-state index contributed by atoms with van der Waals surface area (Å²) in [5, 5.41) is 6.60. The second-order valence-corrected chi connectivity index (χ2v) is 8.37. The van der Waals surface area contributed by atoms with E-state index in [0.29, 0.717) is 18.7 Å². The van der Waals surface area contributed by atoms with E-state index in [1.54, 1.807) is 6.07 Å². The maximum atomic E-state index is 14.4. The third-order valence-corrected chi connectivity index (χ3v) is 5.94. The molecule has 2 aromatic carbocycles. The lowest BCUT2D eigenvalue weighted by Gasteiger charge is -2.35. The van der Waals surface area contributed by atoms with E-state index in [9.17, 15) is 14.0 Å². The summed E-state index contributed by atoms with van der Waals surface area (Å²) < 4.78 is 14.4. The molecule has 0 radical (unpaired) electrons. The number of hydrogen-bond donors (Lipinski definition) is 4. The van der Waals surface area contributed by atoms with Gasteiger partial charge in [0, 0.05) is 42.7 Å². The highest BCUT2D eigenvalue weighted by atomic mass is 19.1. The summed E-state index contributed by atoms with van der Waals surface area (Å²) in [5.41, 5.74) is 8.76. The van der Waals surface area contributed by atoms with E-state index in [1.807, 2.05) is 48.4 Å². The van der Waals surface area contributed by atoms with Gasteiger partial charge in [-0.05, 0) is 49.1 Å². The zero-order valence-electron chi connectivity index (χ0n) is 18.0. The number of carbonyl (C=O) groups excluding carboxylic acids is 2. The minimum absolute atomic E-state index is 0.156. The fraction of sp³-hybridized carbons (Fsp3) is 0.333. The molecule has 8 heteroatoms. The average Bonchev–Trinajstić information content (AvgIpc) is 3.18. The fourth-order valence-corrected chi connectivity index (χ4v) is 4.38. The third kappa shape index (κ3) is 4.85. The number of hydrogen-bond acceptors (Lipinski definition) is 3. The number of nitrogens with zero attached hydrogens (tertiary/aromatic N) is 1. The standard InChI is InChI=1S/C24H28FN5O2/c1-15-8-9-19(25)22(11-15)30-10-4-5-17(14-30)28-23(31)21(29-24(26)32)12-16-13-27-20-7-3-2-6-18(16)20/h2-3,6-9,11,13,17,21,27H,4-5,10,12,14H2,1H3,(H,28,31)(H3,26,29,32). The van der Waals surface area contributed by atoms with E-state index in [0.717, 1.165) is 41.4 Å². The summed E-state index contributed by atoms with van der Waals surface area (Å²) in [6.07, 6.45) is 3.76. The highest BCUT2D eigenvalue weighted by Gasteiger charge is 2.27. The van der Waals surface area contributed by atoms with Crippen molar-refractivity contribution < 1.29 is 14.0 Å². The second-order valence-electron chi connectivity index (χ2n) is 8.37. The highest BCUT2D eigenvalue weighted by molar-refractivity contribution is 5.89. The van der Waals surface area contributed by atoms with Crippen LogP contribution in [0.4, 0.5) is 14.9 Å². The van der Waals surface area contributed by atoms with Gasteiger partial charge in [-0.3, -0.25) is 4.79 Å². The van der Waals surface area contributed by atoms with Crippen molar-refractivity contribution >= 4 is 28.5 Å². The first kappa shape index (κ1) is 21.7. The summed E-state index contributed by atoms with van der Waals surface area (Å²) in [5.74, 6) is -0.569. The largest absolute Gasteiger partial charge is 0.367 e. The number of fused-ring (bicyclic) bond motifs is 1. The molecule has 2 unspecified atom stereocenters. The number of urea groups is 1. The van der Waals surface area contributed by atoms with E-state index in [1.165, 1.54) is 6.07 Å². The van der Waals surface area contributed by atoms with Gasteiger partial charge in [0.2, 0.25) is 5.91 Å². The molecule has 0 saturated carbocycles. The Kier molecular flexibility index (Phi) is 6.30. The molecule has 5 N–H and O–H groups in total. The van der Waals surface area contributed by atoms with Crippen LogP contribution in [0.25, 0.3) is 10.9 Å². The van der Waals surface area contributed by atoms with Crippen LogP contribution in [0, 0.1) is 12.7 Å². The Labute approximate surface area is 186 Å². The topological polar surface area (TPSA) is 103 Å². The van der Waals surface area contributed by atoms with Crippen LogP contribution in [0.5, 0.6) is 0 Å². The van der Waals surface area contributed by atoms with Crippen molar-refractivity contribution in [3.8, 4) is 0 Å². The monoisotopic (exact) mass is 437 g/mol. The maximum Gasteiger partial charge on any atom is 0.312 e. The second kappa shape index (κ2) is 9.30. The number of benzene rings is 2. The molecule has 0 aliphatic carbocycles. The van der Waals surface area contributed by atoms with Crippen LogP contribution in [0.1, 0.15) is 24.0 Å². The number of piperidine rings is 1. The number of aromatic amines is 1. The normalized spacial score (nSPS) is 17.2. The first-order valence-electron chi connectivity index (χ1n) is 10.8. The molecular weight excluding hydrogens is 409 g/mol. The number of primary amides is 1. The van der Waals surface area contributed by atoms with Crippen LogP contribution in [0.3, 0.4) is 0 Å². The van der Waals surface area contributed by atoms with E-state index in [4.69, 9.17) is 5.73 Å². The van der Waals surface area contributed by atoms with Crippen molar-refractivity contribution in [3.63, 3.8) is 0 Å². The van der Waals surface area contributed by atoms with Gasteiger partial charge in [0.15, 0.2) is 0 Å². The molecule has 3 aromatic rings. The highest BCUT2D eigenvalue weighted by Crippen LogP contribution is 2.25. The predicted octanol–water partition coefficient (Wildman–Crippen LogP) is 2.98. The fourth-order valence-electron chi connectivity index (χ4n) is 4.38.